The molecule has 1 N–H and O–H groups in total. The van der Waals surface area contributed by atoms with E-state index in [2.05, 4.69) is 5.32 Å². The van der Waals surface area contributed by atoms with Crippen LogP contribution in [0.4, 0.5) is 10.1 Å². The van der Waals surface area contributed by atoms with Gasteiger partial charge in [0.2, 0.25) is 5.91 Å². The molecule has 0 saturated carbocycles. The zero-order chi connectivity index (χ0) is 17.7. The highest BCUT2D eigenvalue weighted by Crippen LogP contribution is 2.22. The number of ether oxygens (including phenoxy) is 1. The highest BCUT2D eigenvalue weighted by atomic mass is 35.5. The molecular weight excluding hydrogens is 335 g/mol. The maximum Gasteiger partial charge on any atom is 0.309 e. The van der Waals surface area contributed by atoms with Gasteiger partial charge in [-0.15, -0.1) is 0 Å². The van der Waals surface area contributed by atoms with Crippen LogP contribution < -0.4 is 5.32 Å². The van der Waals surface area contributed by atoms with Crippen LogP contribution in [0.1, 0.15) is 26.7 Å². The van der Waals surface area contributed by atoms with Crippen LogP contribution in [-0.4, -0.2) is 42.5 Å². The summed E-state index contributed by atoms with van der Waals surface area (Å²) in [7, 11) is 0. The van der Waals surface area contributed by atoms with Crippen LogP contribution in [0.2, 0.25) is 5.02 Å². The van der Waals surface area contributed by atoms with Gasteiger partial charge in [0, 0.05) is 5.69 Å². The first-order valence-corrected chi connectivity index (χ1v) is 8.46. The Labute approximate surface area is 146 Å². The Morgan fingerprint density at radius 2 is 2.08 bits per heavy atom. The Bertz CT molecular complexity index is 603. The van der Waals surface area contributed by atoms with E-state index in [0.29, 0.717) is 38.2 Å². The molecule has 0 bridgehead atoms. The molecule has 1 aromatic rings. The van der Waals surface area contributed by atoms with Crippen molar-refractivity contribution in [3.63, 3.8) is 0 Å². The minimum atomic E-state index is -0.524. The number of amides is 1. The molecule has 1 atom stereocenters. The van der Waals surface area contributed by atoms with Crippen molar-refractivity contribution >= 4 is 29.2 Å². The van der Waals surface area contributed by atoms with E-state index < -0.39 is 5.82 Å². The molecular formula is C17H22ClFN2O3. The highest BCUT2D eigenvalue weighted by Gasteiger charge is 2.30. The largest absolute Gasteiger partial charge is 0.466 e. The van der Waals surface area contributed by atoms with Crippen LogP contribution >= 0.6 is 11.6 Å². The number of rotatable bonds is 5. The maximum atomic E-state index is 13.2. The fourth-order valence-corrected chi connectivity index (χ4v) is 2.95. The van der Waals surface area contributed by atoms with Gasteiger partial charge in [0.25, 0.3) is 0 Å². The van der Waals surface area contributed by atoms with Crippen molar-refractivity contribution in [2.45, 2.75) is 32.7 Å². The number of esters is 1. The number of carbonyl (C=O) groups excluding carboxylic acids is 2. The smallest absolute Gasteiger partial charge is 0.309 e. The molecule has 5 nitrogen and oxygen atoms in total. The Morgan fingerprint density at radius 1 is 1.42 bits per heavy atom. The van der Waals surface area contributed by atoms with Gasteiger partial charge in [-0.2, -0.15) is 0 Å². The molecule has 1 fully saturated rings. The number of nitrogens with one attached hydrogen (secondary N) is 1. The minimum absolute atomic E-state index is 0.0318. The third kappa shape index (κ3) is 4.68. The van der Waals surface area contributed by atoms with Gasteiger partial charge in [-0.25, -0.2) is 4.39 Å². The van der Waals surface area contributed by atoms with E-state index >= 15 is 0 Å². The van der Waals surface area contributed by atoms with E-state index in [0.717, 1.165) is 0 Å². The first-order chi connectivity index (χ1) is 11.4. The molecule has 1 heterocycles. The number of halogens is 2. The zero-order valence-electron chi connectivity index (χ0n) is 13.9. The summed E-state index contributed by atoms with van der Waals surface area (Å²) in [4.78, 5) is 26.1. The average molecular weight is 357 g/mol. The van der Waals surface area contributed by atoms with Crippen molar-refractivity contribution in [2.24, 2.45) is 5.92 Å². The number of hydrogen-bond donors (Lipinski definition) is 1. The molecule has 1 unspecified atom stereocenters. The standard InChI is InChI=1S/C17H22ClFN2O3/c1-3-24-17(23)12-6-8-21(9-7-12)11(2)16(22)20-13-4-5-15(19)14(18)10-13/h4-5,10-12H,3,6-9H2,1-2H3,(H,20,22). The van der Waals surface area contributed by atoms with Crippen LogP contribution in [-0.2, 0) is 14.3 Å². The summed E-state index contributed by atoms with van der Waals surface area (Å²) in [5.74, 6) is -0.960. The topological polar surface area (TPSA) is 58.6 Å². The number of piperidine rings is 1. The summed E-state index contributed by atoms with van der Waals surface area (Å²) in [5.41, 5.74) is 0.458. The monoisotopic (exact) mass is 356 g/mol. The van der Waals surface area contributed by atoms with Crippen LogP contribution in [0.15, 0.2) is 18.2 Å². The molecule has 0 aromatic heterocycles. The van der Waals surface area contributed by atoms with Crippen LogP contribution in [0.25, 0.3) is 0 Å². The lowest BCUT2D eigenvalue weighted by atomic mass is 9.96. The molecule has 1 saturated heterocycles. The maximum absolute atomic E-state index is 13.2. The zero-order valence-corrected chi connectivity index (χ0v) is 14.6. The van der Waals surface area contributed by atoms with Gasteiger partial charge in [0.15, 0.2) is 0 Å². The molecule has 1 aliphatic heterocycles. The Kier molecular flexibility index (Phi) is 6.57. The van der Waals surface area contributed by atoms with E-state index in [1.54, 1.807) is 6.92 Å². The number of hydrogen-bond acceptors (Lipinski definition) is 4. The third-order valence-electron chi connectivity index (χ3n) is 4.26. The van der Waals surface area contributed by atoms with Crippen molar-refractivity contribution in [3.05, 3.63) is 29.0 Å². The van der Waals surface area contributed by atoms with Gasteiger partial charge < -0.3 is 10.1 Å². The second-order valence-corrected chi connectivity index (χ2v) is 6.26. The molecule has 2 rings (SSSR count). The van der Waals surface area contributed by atoms with Crippen molar-refractivity contribution in [1.82, 2.24) is 4.90 Å². The normalized spacial score (nSPS) is 17.3. The molecule has 0 radical (unpaired) electrons. The van der Waals surface area contributed by atoms with E-state index in [4.69, 9.17) is 16.3 Å². The summed E-state index contributed by atoms with van der Waals surface area (Å²) in [6.45, 7) is 5.30. The van der Waals surface area contributed by atoms with Crippen LogP contribution in [0.3, 0.4) is 0 Å². The van der Waals surface area contributed by atoms with Gasteiger partial charge in [-0.3, -0.25) is 14.5 Å². The van der Waals surface area contributed by atoms with E-state index in [9.17, 15) is 14.0 Å². The summed E-state index contributed by atoms with van der Waals surface area (Å²) in [5, 5.41) is 2.71. The van der Waals surface area contributed by atoms with Gasteiger partial charge in [-0.05, 0) is 58.0 Å². The van der Waals surface area contributed by atoms with Gasteiger partial charge in [0.1, 0.15) is 5.82 Å². The molecule has 7 heteroatoms. The number of anilines is 1. The Morgan fingerprint density at radius 3 is 2.67 bits per heavy atom. The van der Waals surface area contributed by atoms with E-state index in [1.165, 1.54) is 18.2 Å². The van der Waals surface area contributed by atoms with E-state index in [1.807, 2.05) is 11.8 Å². The lowest BCUT2D eigenvalue weighted by Gasteiger charge is -2.34. The predicted octanol–water partition coefficient (Wildman–Crippen LogP) is 3.08. The lowest BCUT2D eigenvalue weighted by molar-refractivity contribution is -0.149. The third-order valence-corrected chi connectivity index (χ3v) is 4.55. The summed E-state index contributed by atoms with van der Waals surface area (Å²) in [6, 6.07) is 3.72. The molecule has 0 aliphatic carbocycles. The first-order valence-electron chi connectivity index (χ1n) is 8.09. The average Bonchev–Trinajstić information content (AvgIpc) is 2.58. The lowest BCUT2D eigenvalue weighted by Crippen LogP contribution is -2.47. The minimum Gasteiger partial charge on any atom is -0.466 e. The fraction of sp³-hybridized carbons (Fsp3) is 0.529. The SMILES string of the molecule is CCOC(=O)C1CCN(C(C)C(=O)Nc2ccc(F)c(Cl)c2)CC1. The molecule has 24 heavy (non-hydrogen) atoms. The Hall–Kier alpha value is -1.66. The quantitative estimate of drug-likeness (QED) is 0.824. The number of benzene rings is 1. The second-order valence-electron chi connectivity index (χ2n) is 5.86. The Balaban J connectivity index is 1.87. The van der Waals surface area contributed by atoms with Gasteiger partial charge in [-0.1, -0.05) is 11.6 Å². The fourth-order valence-electron chi connectivity index (χ4n) is 2.77. The summed E-state index contributed by atoms with van der Waals surface area (Å²) in [6.07, 6.45) is 1.36. The van der Waals surface area contributed by atoms with Crippen LogP contribution in [0.5, 0.6) is 0 Å². The highest BCUT2D eigenvalue weighted by molar-refractivity contribution is 6.31. The molecule has 1 amide bonds. The first kappa shape index (κ1) is 18.7. The summed E-state index contributed by atoms with van der Waals surface area (Å²) < 4.78 is 18.2. The van der Waals surface area contributed by atoms with E-state index in [-0.39, 0.29) is 28.9 Å². The molecule has 1 aromatic carbocycles. The summed E-state index contributed by atoms with van der Waals surface area (Å²) >= 11 is 5.72. The van der Waals surface area contributed by atoms with Gasteiger partial charge >= 0.3 is 5.97 Å². The number of nitrogens with zero attached hydrogens (tertiary/aromatic N) is 1. The van der Waals surface area contributed by atoms with Crippen molar-refractivity contribution in [3.8, 4) is 0 Å². The van der Waals surface area contributed by atoms with Crippen molar-refractivity contribution in [1.29, 1.82) is 0 Å². The molecule has 1 aliphatic rings. The second kappa shape index (κ2) is 8.44. The number of carbonyl (C=O) groups is 2. The van der Waals surface area contributed by atoms with Crippen LogP contribution in [0, 0.1) is 11.7 Å². The number of likely N-dealkylation sites (tertiary alicyclic amines) is 1. The molecule has 132 valence electrons. The van der Waals surface area contributed by atoms with Crippen molar-refractivity contribution < 1.29 is 18.7 Å². The molecule has 0 spiro atoms. The van der Waals surface area contributed by atoms with Gasteiger partial charge in [0.05, 0.1) is 23.6 Å². The van der Waals surface area contributed by atoms with Crippen molar-refractivity contribution in [2.75, 3.05) is 25.0 Å². The predicted molar refractivity (Wildman–Crippen MR) is 90.4 cm³/mol.